The number of rotatable bonds is 3. The molecule has 2 atom stereocenters. The van der Waals surface area contributed by atoms with E-state index in [9.17, 15) is 9.90 Å². The van der Waals surface area contributed by atoms with Gasteiger partial charge in [-0.25, -0.2) is 4.98 Å². The number of nitrogens with zero attached hydrogens (tertiary/aromatic N) is 2. The van der Waals surface area contributed by atoms with Crippen LogP contribution >= 0.6 is 0 Å². The van der Waals surface area contributed by atoms with Crippen molar-refractivity contribution in [1.29, 1.82) is 0 Å². The van der Waals surface area contributed by atoms with Crippen molar-refractivity contribution < 1.29 is 9.90 Å². The summed E-state index contributed by atoms with van der Waals surface area (Å²) in [6.07, 6.45) is 2.11. The van der Waals surface area contributed by atoms with Gasteiger partial charge in [0.25, 0.3) is 0 Å². The second kappa shape index (κ2) is 5.35. The maximum Gasteiger partial charge on any atom is 0.217 e. The van der Waals surface area contributed by atoms with E-state index in [1.54, 1.807) is 13.1 Å². The van der Waals surface area contributed by atoms with Crippen molar-refractivity contribution in [3.8, 4) is 0 Å². The van der Waals surface area contributed by atoms with Crippen LogP contribution in [0.25, 0.3) is 0 Å². The molecule has 98 valence electrons. The Hall–Kier alpha value is -1.62. The molecule has 2 N–H and O–H groups in total. The summed E-state index contributed by atoms with van der Waals surface area (Å²) in [4.78, 5) is 17.5. The van der Waals surface area contributed by atoms with E-state index in [4.69, 9.17) is 0 Å². The molecule has 0 radical (unpaired) electrons. The highest BCUT2D eigenvalue weighted by Crippen LogP contribution is 2.26. The van der Waals surface area contributed by atoms with E-state index < -0.39 is 6.10 Å². The standard InChI is InChI=1S/C13H19N3O2/c1-9(17)12-4-3-6-14-13(12)16-7-5-11(8-16)15-10(2)18/h3-4,6,9,11,17H,5,7-8H2,1-2H3,(H,15,18). The van der Waals surface area contributed by atoms with Gasteiger partial charge in [0.1, 0.15) is 5.82 Å². The summed E-state index contributed by atoms with van der Waals surface area (Å²) in [5.41, 5.74) is 0.834. The molecule has 18 heavy (non-hydrogen) atoms. The number of amides is 1. The van der Waals surface area contributed by atoms with Gasteiger partial charge >= 0.3 is 0 Å². The summed E-state index contributed by atoms with van der Waals surface area (Å²) in [6, 6.07) is 3.89. The van der Waals surface area contributed by atoms with Crippen molar-refractivity contribution in [1.82, 2.24) is 10.3 Å². The lowest BCUT2D eigenvalue weighted by molar-refractivity contribution is -0.119. The van der Waals surface area contributed by atoms with Crippen LogP contribution in [-0.4, -0.2) is 35.1 Å². The summed E-state index contributed by atoms with van der Waals surface area (Å²) in [5.74, 6) is 0.818. The Balaban J connectivity index is 2.12. The van der Waals surface area contributed by atoms with Crippen LogP contribution < -0.4 is 10.2 Å². The van der Waals surface area contributed by atoms with Crippen molar-refractivity contribution in [2.45, 2.75) is 32.4 Å². The third-order valence-electron chi connectivity index (χ3n) is 3.16. The number of anilines is 1. The van der Waals surface area contributed by atoms with Gasteiger partial charge in [-0.1, -0.05) is 6.07 Å². The number of aromatic nitrogens is 1. The summed E-state index contributed by atoms with van der Waals surface area (Å²) in [5, 5.41) is 12.7. The fourth-order valence-corrected chi connectivity index (χ4v) is 2.36. The normalized spacial score (nSPS) is 20.8. The molecule has 2 heterocycles. The molecular weight excluding hydrogens is 230 g/mol. The van der Waals surface area contributed by atoms with Crippen LogP contribution in [0.2, 0.25) is 0 Å². The topological polar surface area (TPSA) is 65.5 Å². The second-order valence-corrected chi connectivity index (χ2v) is 4.72. The van der Waals surface area contributed by atoms with Gasteiger partial charge in [-0.3, -0.25) is 4.79 Å². The van der Waals surface area contributed by atoms with Gasteiger partial charge in [-0.05, 0) is 19.4 Å². The molecule has 0 aromatic carbocycles. The Kier molecular flexibility index (Phi) is 3.81. The smallest absolute Gasteiger partial charge is 0.217 e. The predicted octanol–water partition coefficient (Wildman–Crippen LogP) is 0.850. The van der Waals surface area contributed by atoms with E-state index in [2.05, 4.69) is 15.2 Å². The Bertz CT molecular complexity index is 434. The van der Waals surface area contributed by atoms with E-state index in [1.165, 1.54) is 6.92 Å². The number of carbonyl (C=O) groups is 1. The van der Waals surface area contributed by atoms with Crippen molar-refractivity contribution in [2.24, 2.45) is 0 Å². The van der Waals surface area contributed by atoms with E-state index in [0.29, 0.717) is 0 Å². The van der Waals surface area contributed by atoms with E-state index in [-0.39, 0.29) is 11.9 Å². The number of hydrogen-bond donors (Lipinski definition) is 2. The molecule has 0 bridgehead atoms. The van der Waals surface area contributed by atoms with Gasteiger partial charge in [0.15, 0.2) is 0 Å². The Morgan fingerprint density at radius 1 is 1.67 bits per heavy atom. The largest absolute Gasteiger partial charge is 0.389 e. The molecule has 0 saturated carbocycles. The first-order valence-electron chi connectivity index (χ1n) is 6.23. The molecule has 2 rings (SSSR count). The molecule has 0 aliphatic carbocycles. The van der Waals surface area contributed by atoms with Crippen molar-refractivity contribution in [2.75, 3.05) is 18.0 Å². The third-order valence-corrected chi connectivity index (χ3v) is 3.16. The molecule has 1 amide bonds. The van der Waals surface area contributed by atoms with Crippen molar-refractivity contribution in [3.05, 3.63) is 23.9 Å². The van der Waals surface area contributed by atoms with Crippen LogP contribution in [0.5, 0.6) is 0 Å². The molecule has 0 spiro atoms. The minimum atomic E-state index is -0.534. The SMILES string of the molecule is CC(=O)NC1CCN(c2ncccc2C(C)O)C1. The summed E-state index contributed by atoms with van der Waals surface area (Å²) in [6.45, 7) is 4.87. The first-order chi connectivity index (χ1) is 8.58. The number of carbonyl (C=O) groups excluding carboxylic acids is 1. The molecule has 1 aliphatic rings. The third kappa shape index (κ3) is 2.79. The second-order valence-electron chi connectivity index (χ2n) is 4.72. The number of hydrogen-bond acceptors (Lipinski definition) is 4. The van der Waals surface area contributed by atoms with Gasteiger partial charge in [-0.2, -0.15) is 0 Å². The van der Waals surface area contributed by atoms with Crippen LogP contribution in [0.1, 0.15) is 31.9 Å². The van der Waals surface area contributed by atoms with Gasteiger partial charge in [0.05, 0.1) is 6.10 Å². The lowest BCUT2D eigenvalue weighted by atomic mass is 10.1. The molecule has 1 aromatic rings. The monoisotopic (exact) mass is 249 g/mol. The highest BCUT2D eigenvalue weighted by atomic mass is 16.3. The molecular formula is C13H19N3O2. The number of aliphatic hydroxyl groups excluding tert-OH is 1. The summed E-state index contributed by atoms with van der Waals surface area (Å²) < 4.78 is 0. The van der Waals surface area contributed by atoms with E-state index >= 15 is 0 Å². The van der Waals surface area contributed by atoms with Crippen LogP contribution in [-0.2, 0) is 4.79 Å². The van der Waals surface area contributed by atoms with Crippen LogP contribution in [0.3, 0.4) is 0 Å². The lowest BCUT2D eigenvalue weighted by Gasteiger charge is -2.21. The molecule has 5 heteroatoms. The average molecular weight is 249 g/mol. The van der Waals surface area contributed by atoms with E-state index in [0.717, 1.165) is 30.9 Å². The summed E-state index contributed by atoms with van der Waals surface area (Å²) >= 11 is 0. The van der Waals surface area contributed by atoms with Crippen molar-refractivity contribution >= 4 is 11.7 Å². The maximum atomic E-state index is 11.0. The summed E-state index contributed by atoms with van der Waals surface area (Å²) in [7, 11) is 0. The molecule has 1 aromatic heterocycles. The van der Waals surface area contributed by atoms with Crippen LogP contribution in [0, 0.1) is 0 Å². The number of aliphatic hydroxyl groups is 1. The lowest BCUT2D eigenvalue weighted by Crippen LogP contribution is -2.35. The van der Waals surface area contributed by atoms with Gasteiger partial charge in [0.2, 0.25) is 5.91 Å². The zero-order valence-electron chi connectivity index (χ0n) is 10.8. The first-order valence-corrected chi connectivity index (χ1v) is 6.23. The molecule has 1 fully saturated rings. The Labute approximate surface area is 107 Å². The minimum absolute atomic E-state index is 0.00128. The van der Waals surface area contributed by atoms with Gasteiger partial charge in [-0.15, -0.1) is 0 Å². The molecule has 1 saturated heterocycles. The average Bonchev–Trinajstić information content (AvgIpc) is 2.76. The van der Waals surface area contributed by atoms with Crippen LogP contribution in [0.15, 0.2) is 18.3 Å². The van der Waals surface area contributed by atoms with Gasteiger partial charge < -0.3 is 15.3 Å². The highest BCUT2D eigenvalue weighted by molar-refractivity contribution is 5.73. The quantitative estimate of drug-likeness (QED) is 0.833. The molecule has 2 unspecified atom stereocenters. The minimum Gasteiger partial charge on any atom is -0.389 e. The first kappa shape index (κ1) is 12.8. The van der Waals surface area contributed by atoms with Crippen molar-refractivity contribution in [3.63, 3.8) is 0 Å². The van der Waals surface area contributed by atoms with Gasteiger partial charge in [0, 0.05) is 37.8 Å². The fourth-order valence-electron chi connectivity index (χ4n) is 2.36. The highest BCUT2D eigenvalue weighted by Gasteiger charge is 2.26. The number of pyridine rings is 1. The van der Waals surface area contributed by atoms with Crippen LogP contribution in [0.4, 0.5) is 5.82 Å². The molecule has 1 aliphatic heterocycles. The predicted molar refractivity (Wildman–Crippen MR) is 69.3 cm³/mol. The zero-order chi connectivity index (χ0) is 13.1. The van der Waals surface area contributed by atoms with E-state index in [1.807, 2.05) is 12.1 Å². The molecule has 5 nitrogen and oxygen atoms in total. The fraction of sp³-hybridized carbons (Fsp3) is 0.538. The Morgan fingerprint density at radius 3 is 3.11 bits per heavy atom. The maximum absolute atomic E-state index is 11.0. The number of nitrogens with one attached hydrogen (secondary N) is 1. The zero-order valence-corrected chi connectivity index (χ0v) is 10.8. The Morgan fingerprint density at radius 2 is 2.44 bits per heavy atom.